The van der Waals surface area contributed by atoms with E-state index in [4.69, 9.17) is 9.47 Å². The van der Waals surface area contributed by atoms with Gasteiger partial charge < -0.3 is 14.8 Å². The Balaban J connectivity index is 1.02. The van der Waals surface area contributed by atoms with Crippen LogP contribution in [0.3, 0.4) is 0 Å². The van der Waals surface area contributed by atoms with Crippen LogP contribution in [0.1, 0.15) is 49.7 Å². The van der Waals surface area contributed by atoms with Crippen molar-refractivity contribution >= 4 is 28.3 Å². The van der Waals surface area contributed by atoms with E-state index in [0.29, 0.717) is 36.6 Å². The number of methoxy groups -OCH3 is 2. The number of likely N-dealkylation sites (tertiary alicyclic amines) is 1. The average Bonchev–Trinajstić information content (AvgIpc) is 2.99. The molecule has 2 aromatic carbocycles. The van der Waals surface area contributed by atoms with Crippen LogP contribution in [0, 0.1) is 11.8 Å². The predicted octanol–water partition coefficient (Wildman–Crippen LogP) is 5.73. The number of carbonyl (C=O) groups excluding carboxylic acids is 2. The Morgan fingerprint density at radius 2 is 1.77 bits per heavy atom. The van der Waals surface area contributed by atoms with E-state index in [1.165, 1.54) is 12.4 Å². The predicted molar refractivity (Wildman–Crippen MR) is 156 cm³/mol. The number of aryl methyl sites for hydroxylation is 1. The SMILES string of the molecule is COc1ccc(CCC(=O)C2CCC(N3CC(CC(=O)CNc4ncnc5ccc(C(F)(F)F)cc45)C3)CC2)c(OC)c1. The molecule has 0 atom stereocenters. The van der Waals surface area contributed by atoms with E-state index in [1.54, 1.807) is 14.2 Å². The van der Waals surface area contributed by atoms with Crippen molar-refractivity contribution in [2.24, 2.45) is 11.8 Å². The Kier molecular flexibility index (Phi) is 9.49. The number of rotatable bonds is 12. The number of carbonyl (C=O) groups is 2. The summed E-state index contributed by atoms with van der Waals surface area (Å²) in [6.07, 6.45) is 2.06. The number of nitrogens with one attached hydrogen (secondary N) is 1. The molecule has 230 valence electrons. The summed E-state index contributed by atoms with van der Waals surface area (Å²) in [6, 6.07) is 9.41. The van der Waals surface area contributed by atoms with Crippen molar-refractivity contribution in [3.8, 4) is 11.5 Å². The molecule has 0 bridgehead atoms. The first-order chi connectivity index (χ1) is 20.6. The number of Topliss-reactive ketones (excluding diaryl/α,β-unsaturated/α-hetero) is 2. The first-order valence-corrected chi connectivity index (χ1v) is 14.7. The average molecular weight is 599 g/mol. The molecule has 2 heterocycles. The molecule has 43 heavy (non-hydrogen) atoms. The van der Waals surface area contributed by atoms with Crippen LogP contribution in [-0.4, -0.2) is 66.3 Å². The van der Waals surface area contributed by atoms with Gasteiger partial charge in [0.25, 0.3) is 0 Å². The molecular weight excluding hydrogens is 561 g/mol. The second-order valence-electron chi connectivity index (χ2n) is 11.5. The van der Waals surface area contributed by atoms with Gasteiger partial charge in [-0.15, -0.1) is 0 Å². The summed E-state index contributed by atoms with van der Waals surface area (Å²) in [5, 5.41) is 3.15. The number of hydrogen-bond acceptors (Lipinski definition) is 8. The van der Waals surface area contributed by atoms with Gasteiger partial charge >= 0.3 is 6.18 Å². The summed E-state index contributed by atoms with van der Waals surface area (Å²) in [5.41, 5.74) is 0.593. The Hall–Kier alpha value is -3.73. The lowest BCUT2D eigenvalue weighted by molar-refractivity contribution is -0.137. The van der Waals surface area contributed by atoms with Gasteiger partial charge in [0.15, 0.2) is 5.78 Å². The van der Waals surface area contributed by atoms with Crippen molar-refractivity contribution < 1.29 is 32.2 Å². The monoisotopic (exact) mass is 598 g/mol. The molecule has 0 unspecified atom stereocenters. The maximum absolute atomic E-state index is 13.2. The lowest BCUT2D eigenvalue weighted by atomic mass is 9.79. The molecule has 1 aliphatic carbocycles. The molecule has 1 saturated carbocycles. The van der Waals surface area contributed by atoms with Crippen LogP contribution in [-0.2, 0) is 22.2 Å². The molecule has 0 spiro atoms. The van der Waals surface area contributed by atoms with Crippen molar-refractivity contribution in [1.29, 1.82) is 0 Å². The molecule has 1 saturated heterocycles. The van der Waals surface area contributed by atoms with E-state index in [0.717, 1.165) is 68.0 Å². The van der Waals surface area contributed by atoms with Gasteiger partial charge in [0.1, 0.15) is 29.4 Å². The van der Waals surface area contributed by atoms with E-state index in [1.807, 2.05) is 18.2 Å². The topological polar surface area (TPSA) is 93.7 Å². The second-order valence-corrected chi connectivity index (χ2v) is 11.5. The minimum absolute atomic E-state index is 0.00548. The lowest BCUT2D eigenvalue weighted by Crippen LogP contribution is -2.53. The fourth-order valence-electron chi connectivity index (χ4n) is 6.27. The summed E-state index contributed by atoms with van der Waals surface area (Å²) in [5.74, 6) is 2.32. The highest BCUT2D eigenvalue weighted by Crippen LogP contribution is 2.35. The fourth-order valence-corrected chi connectivity index (χ4v) is 6.27. The Labute approximate surface area is 249 Å². The van der Waals surface area contributed by atoms with E-state index in [9.17, 15) is 22.8 Å². The molecule has 2 aliphatic rings. The van der Waals surface area contributed by atoms with Gasteiger partial charge in [-0.3, -0.25) is 14.5 Å². The van der Waals surface area contributed by atoms with Crippen molar-refractivity contribution in [1.82, 2.24) is 14.9 Å². The van der Waals surface area contributed by atoms with Crippen LogP contribution in [0.25, 0.3) is 10.9 Å². The van der Waals surface area contributed by atoms with Crippen LogP contribution in [0.5, 0.6) is 11.5 Å². The number of alkyl halides is 3. The van der Waals surface area contributed by atoms with Gasteiger partial charge in [-0.05, 0) is 67.9 Å². The number of benzene rings is 2. The number of aromatic nitrogens is 2. The zero-order chi connectivity index (χ0) is 30.6. The standard InChI is InChI=1S/C32H37F3N4O4/c1-42-26-10-5-22(30(15-26)43-2)6-12-29(41)21-3-8-24(9-4-21)39-17-20(18-39)13-25(40)16-36-31-27-14-23(32(33,34)35)7-11-28(27)37-19-38-31/h5,7,10-11,14-15,19-21,24H,3-4,6,8-9,12-13,16-18H2,1-2H3,(H,36,37,38). The van der Waals surface area contributed by atoms with Gasteiger partial charge in [-0.1, -0.05) is 6.07 Å². The number of nitrogens with zero attached hydrogens (tertiary/aromatic N) is 3. The Morgan fingerprint density at radius 3 is 2.47 bits per heavy atom. The summed E-state index contributed by atoms with van der Waals surface area (Å²) in [7, 11) is 3.23. The van der Waals surface area contributed by atoms with Gasteiger partial charge in [0.2, 0.25) is 0 Å². The lowest BCUT2D eigenvalue weighted by Gasteiger charge is -2.46. The van der Waals surface area contributed by atoms with E-state index < -0.39 is 11.7 Å². The van der Waals surface area contributed by atoms with Crippen LogP contribution in [0.4, 0.5) is 19.0 Å². The van der Waals surface area contributed by atoms with Crippen LogP contribution < -0.4 is 14.8 Å². The Morgan fingerprint density at radius 1 is 1.00 bits per heavy atom. The normalized spacial score (nSPS) is 19.6. The first kappa shape index (κ1) is 30.7. The first-order valence-electron chi connectivity index (χ1n) is 14.7. The van der Waals surface area contributed by atoms with E-state index in [-0.39, 0.29) is 35.4 Å². The van der Waals surface area contributed by atoms with Crippen molar-refractivity contribution in [3.63, 3.8) is 0 Å². The highest BCUT2D eigenvalue weighted by molar-refractivity contribution is 5.91. The molecule has 1 aromatic heterocycles. The fraction of sp³-hybridized carbons (Fsp3) is 0.500. The molecule has 1 aliphatic heterocycles. The molecule has 8 nitrogen and oxygen atoms in total. The van der Waals surface area contributed by atoms with Crippen molar-refractivity contribution in [3.05, 3.63) is 53.9 Å². The third-order valence-electron chi connectivity index (χ3n) is 8.72. The number of hydrogen-bond donors (Lipinski definition) is 1. The number of ketones is 2. The third-order valence-corrected chi connectivity index (χ3v) is 8.72. The number of halogens is 3. The van der Waals surface area contributed by atoms with E-state index in [2.05, 4.69) is 20.2 Å². The molecule has 3 aromatic rings. The largest absolute Gasteiger partial charge is 0.497 e. The van der Waals surface area contributed by atoms with Crippen molar-refractivity contribution in [2.75, 3.05) is 39.2 Å². The summed E-state index contributed by atoms with van der Waals surface area (Å²) in [6.45, 7) is 1.68. The minimum atomic E-state index is -4.48. The maximum atomic E-state index is 13.2. The quantitative estimate of drug-likeness (QED) is 0.283. The van der Waals surface area contributed by atoms with Crippen molar-refractivity contribution in [2.45, 2.75) is 57.2 Å². The van der Waals surface area contributed by atoms with Gasteiger partial charge in [-0.25, -0.2) is 9.97 Å². The zero-order valence-electron chi connectivity index (χ0n) is 24.5. The highest BCUT2D eigenvalue weighted by atomic mass is 19.4. The minimum Gasteiger partial charge on any atom is -0.497 e. The van der Waals surface area contributed by atoms with Crippen LogP contribution in [0.2, 0.25) is 0 Å². The van der Waals surface area contributed by atoms with E-state index >= 15 is 0 Å². The zero-order valence-corrected chi connectivity index (χ0v) is 24.5. The number of fused-ring (bicyclic) bond motifs is 1. The number of ether oxygens (including phenoxy) is 2. The molecule has 0 amide bonds. The third kappa shape index (κ3) is 7.44. The summed E-state index contributed by atoms with van der Waals surface area (Å²) in [4.78, 5) is 36.1. The molecular formula is C32H37F3N4O4. The summed E-state index contributed by atoms with van der Waals surface area (Å²) >= 11 is 0. The maximum Gasteiger partial charge on any atom is 0.416 e. The molecule has 2 fully saturated rings. The van der Waals surface area contributed by atoms with Crippen LogP contribution in [0.15, 0.2) is 42.7 Å². The summed E-state index contributed by atoms with van der Waals surface area (Å²) < 4.78 is 50.2. The second kappa shape index (κ2) is 13.3. The smallest absolute Gasteiger partial charge is 0.416 e. The molecule has 1 N–H and O–H groups in total. The molecule has 0 radical (unpaired) electrons. The number of anilines is 1. The highest BCUT2D eigenvalue weighted by Gasteiger charge is 2.36. The Bertz CT molecular complexity index is 1450. The van der Waals surface area contributed by atoms with Crippen LogP contribution >= 0.6 is 0 Å². The molecule has 11 heteroatoms. The molecule has 5 rings (SSSR count). The van der Waals surface area contributed by atoms with Gasteiger partial charge in [-0.2, -0.15) is 13.2 Å². The van der Waals surface area contributed by atoms with Gasteiger partial charge in [0.05, 0.1) is 31.8 Å². The van der Waals surface area contributed by atoms with Gasteiger partial charge in [0, 0.05) is 49.3 Å².